The SMILES string of the molecule is COc1cccc(-n2c(NS(=O)(=O)c3ccc(C)cc3)c(C(=O)NCc3ccccc3)c3nc4ccccc4nc32)c1. The van der Waals surface area contributed by atoms with Crippen LogP contribution in [0.25, 0.3) is 27.9 Å². The predicted octanol–water partition coefficient (Wildman–Crippen LogP) is 5.62. The molecule has 0 aliphatic carbocycles. The van der Waals surface area contributed by atoms with Gasteiger partial charge in [0.05, 0.1) is 28.7 Å². The Hall–Kier alpha value is -5.22. The van der Waals surface area contributed by atoms with E-state index in [1.54, 1.807) is 54.1 Å². The van der Waals surface area contributed by atoms with E-state index >= 15 is 0 Å². The zero-order valence-electron chi connectivity index (χ0n) is 22.9. The molecular weight excluding hydrogens is 550 g/mol. The summed E-state index contributed by atoms with van der Waals surface area (Å²) in [6.07, 6.45) is 0. The number of methoxy groups -OCH3 is 1. The molecule has 0 aliphatic rings. The summed E-state index contributed by atoms with van der Waals surface area (Å²) in [7, 11) is -2.59. The molecule has 210 valence electrons. The molecule has 2 N–H and O–H groups in total. The molecule has 4 aromatic carbocycles. The van der Waals surface area contributed by atoms with Gasteiger partial charge in [-0.05, 0) is 48.9 Å². The van der Waals surface area contributed by atoms with Gasteiger partial charge in [-0.3, -0.25) is 14.1 Å². The Morgan fingerprint density at radius 1 is 0.857 bits per heavy atom. The Kier molecular flexibility index (Phi) is 7.05. The fourth-order valence-corrected chi connectivity index (χ4v) is 5.79. The van der Waals surface area contributed by atoms with Crippen LogP contribution in [0.2, 0.25) is 0 Å². The number of aromatic nitrogens is 3. The average molecular weight is 578 g/mol. The number of anilines is 1. The third-order valence-corrected chi connectivity index (χ3v) is 8.21. The molecule has 0 bridgehead atoms. The van der Waals surface area contributed by atoms with Gasteiger partial charge in [0.15, 0.2) is 5.65 Å². The van der Waals surface area contributed by atoms with Gasteiger partial charge < -0.3 is 10.1 Å². The van der Waals surface area contributed by atoms with Gasteiger partial charge in [0.2, 0.25) is 0 Å². The number of ether oxygens (including phenoxy) is 1. The summed E-state index contributed by atoms with van der Waals surface area (Å²) < 4.78 is 37.3. The van der Waals surface area contributed by atoms with E-state index in [1.807, 2.05) is 55.5 Å². The van der Waals surface area contributed by atoms with Gasteiger partial charge in [0.1, 0.15) is 22.6 Å². The highest BCUT2D eigenvalue weighted by Crippen LogP contribution is 2.35. The normalized spacial score (nSPS) is 11.5. The molecule has 0 saturated carbocycles. The first kappa shape index (κ1) is 27.0. The number of nitrogens with one attached hydrogen (secondary N) is 2. The van der Waals surface area contributed by atoms with Crippen molar-refractivity contribution in [2.24, 2.45) is 0 Å². The maximum Gasteiger partial charge on any atom is 0.263 e. The van der Waals surface area contributed by atoms with Gasteiger partial charge in [-0.15, -0.1) is 0 Å². The van der Waals surface area contributed by atoms with E-state index in [4.69, 9.17) is 14.7 Å². The van der Waals surface area contributed by atoms with E-state index in [9.17, 15) is 13.2 Å². The number of carbonyl (C=O) groups is 1. The van der Waals surface area contributed by atoms with E-state index < -0.39 is 15.9 Å². The van der Waals surface area contributed by atoms with Crippen molar-refractivity contribution in [1.29, 1.82) is 0 Å². The molecule has 10 heteroatoms. The highest BCUT2D eigenvalue weighted by molar-refractivity contribution is 7.92. The molecule has 2 aromatic heterocycles. The van der Waals surface area contributed by atoms with Crippen LogP contribution in [-0.2, 0) is 16.6 Å². The number of fused-ring (bicyclic) bond motifs is 2. The lowest BCUT2D eigenvalue weighted by Gasteiger charge is -2.15. The molecule has 0 saturated heterocycles. The summed E-state index contributed by atoms with van der Waals surface area (Å²) in [4.78, 5) is 23.7. The van der Waals surface area contributed by atoms with Crippen LogP contribution < -0.4 is 14.8 Å². The number of amides is 1. The second-order valence-electron chi connectivity index (χ2n) is 9.73. The van der Waals surface area contributed by atoms with E-state index in [0.717, 1.165) is 11.1 Å². The summed E-state index contributed by atoms with van der Waals surface area (Å²) in [5.74, 6) is 0.0573. The van der Waals surface area contributed by atoms with Crippen LogP contribution in [0.3, 0.4) is 0 Å². The predicted molar refractivity (Wildman–Crippen MR) is 163 cm³/mol. The zero-order chi connectivity index (χ0) is 29.3. The van der Waals surface area contributed by atoms with Crippen molar-refractivity contribution < 1.29 is 17.9 Å². The van der Waals surface area contributed by atoms with Crippen molar-refractivity contribution in [3.05, 3.63) is 120 Å². The molecule has 0 spiro atoms. The van der Waals surface area contributed by atoms with Gasteiger partial charge in [-0.1, -0.05) is 66.2 Å². The number of aryl methyl sites for hydroxylation is 1. The summed E-state index contributed by atoms with van der Waals surface area (Å²) in [6, 6.07) is 30.3. The number of sulfonamides is 1. The van der Waals surface area contributed by atoms with Crippen molar-refractivity contribution in [2.75, 3.05) is 11.8 Å². The lowest BCUT2D eigenvalue weighted by molar-refractivity contribution is 0.0953. The third kappa shape index (κ3) is 5.15. The molecule has 9 nitrogen and oxygen atoms in total. The largest absolute Gasteiger partial charge is 0.497 e. The molecule has 0 aliphatic heterocycles. The van der Waals surface area contributed by atoms with E-state index in [1.165, 1.54) is 12.1 Å². The quantitative estimate of drug-likeness (QED) is 0.243. The molecular formula is C32H27N5O4S. The minimum Gasteiger partial charge on any atom is -0.497 e. The van der Waals surface area contributed by atoms with Crippen molar-refractivity contribution in [2.45, 2.75) is 18.4 Å². The van der Waals surface area contributed by atoms with Crippen LogP contribution in [0, 0.1) is 6.92 Å². The Morgan fingerprint density at radius 3 is 2.26 bits per heavy atom. The number of para-hydroxylation sites is 2. The topological polar surface area (TPSA) is 115 Å². The van der Waals surface area contributed by atoms with E-state index in [2.05, 4.69) is 10.0 Å². The van der Waals surface area contributed by atoms with Gasteiger partial charge >= 0.3 is 0 Å². The number of nitrogens with zero attached hydrogens (tertiary/aromatic N) is 3. The molecule has 2 heterocycles. The summed E-state index contributed by atoms with van der Waals surface area (Å²) in [6.45, 7) is 2.11. The first-order chi connectivity index (χ1) is 20.3. The highest BCUT2D eigenvalue weighted by Gasteiger charge is 2.30. The van der Waals surface area contributed by atoms with E-state index in [-0.39, 0.29) is 28.3 Å². The van der Waals surface area contributed by atoms with Crippen molar-refractivity contribution >= 4 is 43.9 Å². The smallest absolute Gasteiger partial charge is 0.263 e. The maximum atomic E-state index is 14.0. The monoisotopic (exact) mass is 577 g/mol. The number of hydrogen-bond acceptors (Lipinski definition) is 6. The molecule has 0 fully saturated rings. The molecule has 0 unspecified atom stereocenters. The Balaban J connectivity index is 1.61. The van der Waals surface area contributed by atoms with E-state index in [0.29, 0.717) is 28.1 Å². The minimum absolute atomic E-state index is 0.0136. The Bertz CT molecular complexity index is 2040. The Labute approximate surface area is 242 Å². The second kappa shape index (κ2) is 11.0. The molecule has 0 radical (unpaired) electrons. The number of hydrogen-bond donors (Lipinski definition) is 2. The summed E-state index contributed by atoms with van der Waals surface area (Å²) in [5.41, 5.74) is 4.12. The van der Waals surface area contributed by atoms with Gasteiger partial charge in [0, 0.05) is 12.6 Å². The number of rotatable bonds is 8. The number of carbonyl (C=O) groups excluding carboxylic acids is 1. The van der Waals surface area contributed by atoms with Crippen LogP contribution >= 0.6 is 0 Å². The van der Waals surface area contributed by atoms with Crippen molar-refractivity contribution in [1.82, 2.24) is 19.9 Å². The molecule has 0 atom stereocenters. The van der Waals surface area contributed by atoms with Gasteiger partial charge in [-0.2, -0.15) is 0 Å². The second-order valence-corrected chi connectivity index (χ2v) is 11.4. The van der Waals surface area contributed by atoms with Crippen LogP contribution in [0.15, 0.2) is 108 Å². The maximum absolute atomic E-state index is 14.0. The lowest BCUT2D eigenvalue weighted by atomic mass is 10.2. The van der Waals surface area contributed by atoms with Crippen LogP contribution in [0.4, 0.5) is 5.82 Å². The standard InChI is InChI=1S/C32H27N5O4S/c1-21-15-17-25(18-16-21)42(39,40)36-30-28(32(38)33-20-22-9-4-3-5-10-22)29-31(35-27-14-7-6-13-26(27)34-29)37(30)23-11-8-12-24(19-23)41-2/h3-19,36H,20H2,1-2H3,(H,33,38). The van der Waals surface area contributed by atoms with Crippen LogP contribution in [-0.4, -0.2) is 36.0 Å². The highest BCUT2D eigenvalue weighted by atomic mass is 32.2. The minimum atomic E-state index is -4.13. The van der Waals surface area contributed by atoms with Crippen LogP contribution in [0.5, 0.6) is 5.75 Å². The fraction of sp³-hybridized carbons (Fsp3) is 0.0938. The Morgan fingerprint density at radius 2 is 1.55 bits per heavy atom. The van der Waals surface area contributed by atoms with Gasteiger partial charge in [0.25, 0.3) is 15.9 Å². The van der Waals surface area contributed by atoms with Crippen LogP contribution in [0.1, 0.15) is 21.5 Å². The number of benzene rings is 4. The molecule has 6 rings (SSSR count). The zero-order valence-corrected chi connectivity index (χ0v) is 23.7. The molecule has 6 aromatic rings. The molecule has 42 heavy (non-hydrogen) atoms. The van der Waals surface area contributed by atoms with Gasteiger partial charge in [-0.25, -0.2) is 18.4 Å². The fourth-order valence-electron chi connectivity index (χ4n) is 4.73. The van der Waals surface area contributed by atoms with Crippen molar-refractivity contribution in [3.63, 3.8) is 0 Å². The average Bonchev–Trinajstić information content (AvgIpc) is 3.31. The molecule has 1 amide bonds. The summed E-state index contributed by atoms with van der Waals surface area (Å²) in [5, 5.41) is 2.94. The first-order valence-corrected chi connectivity index (χ1v) is 14.7. The summed E-state index contributed by atoms with van der Waals surface area (Å²) >= 11 is 0. The first-order valence-electron chi connectivity index (χ1n) is 13.2. The third-order valence-electron chi connectivity index (χ3n) is 6.86. The van der Waals surface area contributed by atoms with Crippen molar-refractivity contribution in [3.8, 4) is 11.4 Å². The lowest BCUT2D eigenvalue weighted by Crippen LogP contribution is -2.25.